The molecule has 0 amide bonds. The van der Waals surface area contributed by atoms with Crippen LogP contribution >= 0.6 is 17.0 Å². The zero-order valence-electron chi connectivity index (χ0n) is 13.1. The van der Waals surface area contributed by atoms with E-state index in [-0.39, 0.29) is 28.9 Å². The van der Waals surface area contributed by atoms with Crippen molar-refractivity contribution in [3.63, 3.8) is 0 Å². The Morgan fingerprint density at radius 1 is 0.762 bits per heavy atom. The lowest BCUT2D eigenvalue weighted by Crippen LogP contribution is -2.30. The first-order valence-corrected chi connectivity index (χ1v) is 7.76. The molecule has 6 nitrogen and oxygen atoms in total. The molecule has 0 rings (SSSR count). The summed E-state index contributed by atoms with van der Waals surface area (Å²) in [7, 11) is 0. The van der Waals surface area contributed by atoms with Crippen molar-refractivity contribution in [2.24, 2.45) is 22.2 Å². The number of nitrogens with two attached hydrogens (primary N) is 3. The van der Waals surface area contributed by atoms with Gasteiger partial charge in [-0.15, -0.1) is 17.0 Å². The quantitative estimate of drug-likeness (QED) is 0.195. The van der Waals surface area contributed by atoms with Crippen LogP contribution in [-0.2, 0) is 0 Å². The van der Waals surface area contributed by atoms with Crippen LogP contribution in [0.2, 0.25) is 0 Å². The Kier molecular flexibility index (Phi) is 18.1. The molecule has 126 valence electrons. The fourth-order valence-corrected chi connectivity index (χ4v) is 2.08. The van der Waals surface area contributed by atoms with E-state index in [9.17, 15) is 0 Å². The molecule has 0 aliphatic carbocycles. The summed E-state index contributed by atoms with van der Waals surface area (Å²) < 4.78 is 0. The van der Waals surface area contributed by atoms with Gasteiger partial charge in [-0.1, -0.05) is 51.4 Å². The number of nitrogens with zero attached hydrogens (tertiary/aromatic N) is 1. The summed E-state index contributed by atoms with van der Waals surface area (Å²) in [5.41, 5.74) is 15.7. The molecule has 0 aromatic heterocycles. The van der Waals surface area contributed by atoms with Gasteiger partial charge in [0.15, 0.2) is 11.9 Å². The standard InChI is InChI=1S/C14H32N6.BrH/c15-13(16)19-11-9-7-5-3-1-2-4-6-8-10-12-20-14(17)18;/h1-12H2,(H4,15,16,19)(H4,17,18,20);1H. The minimum atomic E-state index is 0. The van der Waals surface area contributed by atoms with E-state index in [4.69, 9.17) is 22.6 Å². The Morgan fingerprint density at radius 3 is 1.62 bits per heavy atom. The molecule has 0 saturated carbocycles. The third kappa shape index (κ3) is 21.5. The van der Waals surface area contributed by atoms with E-state index in [1.807, 2.05) is 0 Å². The lowest BCUT2D eigenvalue weighted by molar-refractivity contribution is 0.551. The summed E-state index contributed by atoms with van der Waals surface area (Å²) in [4.78, 5) is 3.96. The molecular weight excluding hydrogens is 332 g/mol. The highest BCUT2D eigenvalue weighted by Crippen LogP contribution is 2.10. The number of nitrogens with one attached hydrogen (secondary N) is 2. The van der Waals surface area contributed by atoms with Crippen molar-refractivity contribution >= 4 is 28.9 Å². The highest BCUT2D eigenvalue weighted by atomic mass is 79.9. The summed E-state index contributed by atoms with van der Waals surface area (Å²) in [5, 5.41) is 9.84. The molecule has 0 radical (unpaired) electrons. The zero-order valence-corrected chi connectivity index (χ0v) is 14.8. The molecule has 0 aliphatic rings. The van der Waals surface area contributed by atoms with Gasteiger partial charge in [0.2, 0.25) is 0 Å². The smallest absolute Gasteiger partial charge is 0.185 e. The topological polar surface area (TPSA) is 126 Å². The van der Waals surface area contributed by atoms with Crippen LogP contribution in [0, 0.1) is 5.41 Å². The van der Waals surface area contributed by atoms with Crippen LogP contribution < -0.4 is 22.5 Å². The molecule has 0 aliphatic heterocycles. The van der Waals surface area contributed by atoms with Crippen LogP contribution in [0.25, 0.3) is 0 Å². The Bertz CT molecular complexity index is 266. The van der Waals surface area contributed by atoms with E-state index >= 15 is 0 Å². The van der Waals surface area contributed by atoms with Gasteiger partial charge >= 0.3 is 0 Å². The average molecular weight is 365 g/mol. The molecule has 8 N–H and O–H groups in total. The van der Waals surface area contributed by atoms with Crippen molar-refractivity contribution in [2.45, 2.75) is 64.2 Å². The molecule has 0 aromatic rings. The van der Waals surface area contributed by atoms with Crippen molar-refractivity contribution in [3.05, 3.63) is 0 Å². The summed E-state index contributed by atoms with van der Waals surface area (Å²) in [6, 6.07) is 0. The molecule has 0 fully saturated rings. The molecule has 0 heterocycles. The first-order valence-electron chi connectivity index (χ1n) is 7.76. The van der Waals surface area contributed by atoms with Gasteiger partial charge in [-0.05, 0) is 12.8 Å². The van der Waals surface area contributed by atoms with Gasteiger partial charge in [-0.3, -0.25) is 10.4 Å². The van der Waals surface area contributed by atoms with Crippen LogP contribution in [0.5, 0.6) is 0 Å². The number of hydrogen-bond donors (Lipinski definition) is 5. The minimum absolute atomic E-state index is 0. The molecule has 0 aromatic carbocycles. The van der Waals surface area contributed by atoms with Gasteiger partial charge in [-0.25, -0.2) is 0 Å². The van der Waals surface area contributed by atoms with Crippen molar-refractivity contribution in [1.29, 1.82) is 5.41 Å². The first kappa shape index (κ1) is 22.3. The molecule has 0 unspecified atom stereocenters. The van der Waals surface area contributed by atoms with Gasteiger partial charge in [0.05, 0.1) is 0 Å². The van der Waals surface area contributed by atoms with Crippen LogP contribution in [0.3, 0.4) is 0 Å². The second kappa shape index (κ2) is 17.1. The number of rotatable bonds is 13. The summed E-state index contributed by atoms with van der Waals surface area (Å²) in [5.74, 6) is 0.272. The number of hydrogen-bond acceptors (Lipinski definition) is 2. The summed E-state index contributed by atoms with van der Waals surface area (Å²) in [6.45, 7) is 1.59. The van der Waals surface area contributed by atoms with E-state index in [1.54, 1.807) is 0 Å². The second-order valence-electron chi connectivity index (χ2n) is 5.18. The Morgan fingerprint density at radius 2 is 1.19 bits per heavy atom. The second-order valence-corrected chi connectivity index (χ2v) is 5.18. The lowest BCUT2D eigenvalue weighted by atomic mass is 10.1. The maximum absolute atomic E-state index is 7.02. The molecule has 21 heavy (non-hydrogen) atoms. The van der Waals surface area contributed by atoms with Gasteiger partial charge in [0.25, 0.3) is 0 Å². The minimum Gasteiger partial charge on any atom is -0.370 e. The molecule has 0 saturated heterocycles. The van der Waals surface area contributed by atoms with Crippen molar-refractivity contribution in [3.8, 4) is 0 Å². The predicted molar refractivity (Wildman–Crippen MR) is 97.1 cm³/mol. The van der Waals surface area contributed by atoms with Gasteiger partial charge in [-0.2, -0.15) is 0 Å². The van der Waals surface area contributed by atoms with Gasteiger partial charge in [0, 0.05) is 13.1 Å². The van der Waals surface area contributed by atoms with Crippen LogP contribution in [0.15, 0.2) is 4.99 Å². The Labute approximate surface area is 139 Å². The third-order valence-electron chi connectivity index (χ3n) is 3.19. The van der Waals surface area contributed by atoms with Crippen molar-refractivity contribution in [1.82, 2.24) is 5.32 Å². The Balaban J connectivity index is 0. The first-order chi connectivity index (χ1) is 9.63. The number of aliphatic imine (C=N–C) groups is 1. The number of guanidine groups is 2. The highest BCUT2D eigenvalue weighted by Gasteiger charge is 1.94. The normalized spacial score (nSPS) is 9.71. The van der Waals surface area contributed by atoms with Crippen LogP contribution in [0.4, 0.5) is 0 Å². The predicted octanol–water partition coefficient (Wildman–Crippen LogP) is 2.22. The van der Waals surface area contributed by atoms with E-state index in [0.29, 0.717) is 0 Å². The van der Waals surface area contributed by atoms with Crippen LogP contribution in [-0.4, -0.2) is 25.0 Å². The lowest BCUT2D eigenvalue weighted by Gasteiger charge is -2.04. The maximum atomic E-state index is 7.02. The maximum Gasteiger partial charge on any atom is 0.185 e. The fourth-order valence-electron chi connectivity index (χ4n) is 2.08. The Hall–Kier alpha value is -0.980. The summed E-state index contributed by atoms with van der Waals surface area (Å²) >= 11 is 0. The number of unbranched alkanes of at least 4 members (excludes halogenated alkanes) is 9. The fraction of sp³-hybridized carbons (Fsp3) is 0.857. The molecule has 0 spiro atoms. The highest BCUT2D eigenvalue weighted by molar-refractivity contribution is 8.93. The van der Waals surface area contributed by atoms with E-state index < -0.39 is 0 Å². The van der Waals surface area contributed by atoms with E-state index in [0.717, 1.165) is 25.9 Å². The molecule has 0 bridgehead atoms. The van der Waals surface area contributed by atoms with Gasteiger partial charge in [0.1, 0.15) is 0 Å². The summed E-state index contributed by atoms with van der Waals surface area (Å²) in [6.07, 6.45) is 12.5. The third-order valence-corrected chi connectivity index (χ3v) is 3.19. The van der Waals surface area contributed by atoms with Crippen LogP contribution in [0.1, 0.15) is 64.2 Å². The van der Waals surface area contributed by atoms with E-state index in [2.05, 4.69) is 10.3 Å². The van der Waals surface area contributed by atoms with Crippen molar-refractivity contribution in [2.75, 3.05) is 13.1 Å². The number of halogens is 1. The monoisotopic (exact) mass is 364 g/mol. The molecular formula is C14H33BrN6. The van der Waals surface area contributed by atoms with Gasteiger partial charge < -0.3 is 22.5 Å². The van der Waals surface area contributed by atoms with Crippen molar-refractivity contribution < 1.29 is 0 Å². The average Bonchev–Trinajstić information content (AvgIpc) is 2.38. The molecule has 0 atom stereocenters. The SMILES string of the molecule is Br.N=C(N)NCCCCCCCCCCCCN=C(N)N. The zero-order chi connectivity index (χ0) is 15.1. The van der Waals surface area contributed by atoms with E-state index in [1.165, 1.54) is 51.4 Å². The molecule has 7 heteroatoms. The largest absolute Gasteiger partial charge is 0.370 e.